The number of nitrogens with one attached hydrogen (secondary N) is 1. The van der Waals surface area contributed by atoms with Gasteiger partial charge in [-0.1, -0.05) is 11.6 Å². The van der Waals surface area contributed by atoms with E-state index in [1.54, 1.807) is 22.7 Å². The number of hydrogen-bond acceptors (Lipinski definition) is 6. The van der Waals surface area contributed by atoms with Crippen LogP contribution in [0, 0.1) is 13.8 Å². The Labute approximate surface area is 216 Å². The predicted octanol–water partition coefficient (Wildman–Crippen LogP) is 9.27. The molecule has 4 rings (SSSR count). The summed E-state index contributed by atoms with van der Waals surface area (Å²) in [6, 6.07) is 13.1. The first-order valence-corrected chi connectivity index (χ1v) is 14.3. The Morgan fingerprint density at radius 3 is 2.15 bits per heavy atom. The second-order valence-corrected chi connectivity index (χ2v) is 13.8. The number of thiophene rings is 4. The summed E-state index contributed by atoms with van der Waals surface area (Å²) in [4.78, 5) is 20.8. The first-order valence-electron chi connectivity index (χ1n) is 10.6. The van der Waals surface area contributed by atoms with Gasteiger partial charge in [0.2, 0.25) is 0 Å². The van der Waals surface area contributed by atoms with Gasteiger partial charge in [-0.2, -0.15) is 0 Å². The lowest BCUT2D eigenvalue weighted by Crippen LogP contribution is -2.33. The molecule has 174 valence electrons. The summed E-state index contributed by atoms with van der Waals surface area (Å²) in [6.07, 6.45) is 0.422. The van der Waals surface area contributed by atoms with Crippen molar-refractivity contribution < 1.29 is 9.53 Å². The smallest absolute Gasteiger partial charge is 0.407 e. The molecule has 4 aromatic rings. The van der Waals surface area contributed by atoms with Gasteiger partial charge in [-0.25, -0.2) is 4.79 Å². The number of rotatable bonds is 6. The van der Waals surface area contributed by atoms with E-state index in [0.29, 0.717) is 6.54 Å². The van der Waals surface area contributed by atoms with E-state index in [1.807, 2.05) is 49.5 Å². The normalized spacial score (nSPS) is 11.7. The third-order valence-electron chi connectivity index (χ3n) is 4.80. The fraction of sp³-hybridized carbons (Fsp3) is 0.320. The van der Waals surface area contributed by atoms with Gasteiger partial charge in [0.1, 0.15) is 5.60 Å². The summed E-state index contributed by atoms with van der Waals surface area (Å²) in [5, 5.41) is 2.83. The number of aryl methyl sites for hydroxylation is 2. The van der Waals surface area contributed by atoms with E-state index >= 15 is 0 Å². The van der Waals surface area contributed by atoms with Crippen molar-refractivity contribution in [2.45, 2.75) is 46.6 Å². The third kappa shape index (κ3) is 6.08. The highest BCUT2D eigenvalue weighted by atomic mass is 35.5. The molecule has 0 bridgehead atoms. The fourth-order valence-corrected chi connectivity index (χ4v) is 8.28. The largest absolute Gasteiger partial charge is 0.444 e. The second-order valence-electron chi connectivity index (χ2n) is 8.79. The van der Waals surface area contributed by atoms with E-state index < -0.39 is 5.60 Å². The summed E-state index contributed by atoms with van der Waals surface area (Å²) in [5.41, 5.74) is 2.05. The minimum Gasteiger partial charge on any atom is -0.444 e. The number of amides is 1. The lowest BCUT2D eigenvalue weighted by molar-refractivity contribution is 0.0528. The van der Waals surface area contributed by atoms with Crippen LogP contribution in [0.1, 0.15) is 36.8 Å². The van der Waals surface area contributed by atoms with Gasteiger partial charge in [-0.15, -0.1) is 45.3 Å². The Bertz CT molecular complexity index is 1270. The van der Waals surface area contributed by atoms with Crippen LogP contribution in [0.2, 0.25) is 4.34 Å². The molecule has 0 atom stereocenters. The zero-order chi connectivity index (χ0) is 23.8. The monoisotopic (exact) mass is 535 g/mol. The summed E-state index contributed by atoms with van der Waals surface area (Å²) < 4.78 is 6.13. The Hall–Kier alpha value is -1.64. The Morgan fingerprint density at radius 1 is 0.879 bits per heavy atom. The van der Waals surface area contributed by atoms with E-state index in [9.17, 15) is 4.79 Å². The third-order valence-corrected chi connectivity index (χ3v) is 10.2. The average Bonchev–Trinajstić information content (AvgIpc) is 3.47. The molecular weight excluding hydrogens is 510 g/mol. The molecule has 0 aliphatic rings. The van der Waals surface area contributed by atoms with Gasteiger partial charge in [0, 0.05) is 40.7 Å². The average molecular weight is 536 g/mol. The van der Waals surface area contributed by atoms with Gasteiger partial charge in [0.05, 0.1) is 4.34 Å². The lowest BCUT2D eigenvalue weighted by atomic mass is 10.2. The Balaban J connectivity index is 1.44. The predicted molar refractivity (Wildman–Crippen MR) is 147 cm³/mol. The molecule has 4 heterocycles. The molecule has 0 radical (unpaired) electrons. The Morgan fingerprint density at radius 2 is 1.52 bits per heavy atom. The van der Waals surface area contributed by atoms with Gasteiger partial charge in [0.15, 0.2) is 0 Å². The standard InChI is InChI=1S/C25H26ClNO2S4/c1-14-12-20(17-7-6-16(30-17)10-11-27-24(28)29-25(3,4)5)32-22(14)18-8-9-19(31-18)23-15(2)13-21(26)33-23/h6-9,12-13H,10-11H2,1-5H3,(H,27,28). The van der Waals surface area contributed by atoms with Crippen molar-refractivity contribution in [1.82, 2.24) is 5.32 Å². The number of ether oxygens (including phenoxy) is 1. The zero-order valence-corrected chi connectivity index (χ0v) is 23.2. The van der Waals surface area contributed by atoms with Crippen molar-refractivity contribution in [3.8, 4) is 29.3 Å². The summed E-state index contributed by atoms with van der Waals surface area (Å²) in [7, 11) is 0. The molecule has 1 N–H and O–H groups in total. The molecule has 4 aromatic heterocycles. The molecule has 0 saturated carbocycles. The summed E-state index contributed by atoms with van der Waals surface area (Å²) in [5.74, 6) is 0. The van der Waals surface area contributed by atoms with Gasteiger partial charge in [-0.3, -0.25) is 0 Å². The second kappa shape index (κ2) is 9.92. The molecule has 33 heavy (non-hydrogen) atoms. The minimum absolute atomic E-state index is 0.367. The van der Waals surface area contributed by atoms with Crippen molar-refractivity contribution in [2.24, 2.45) is 0 Å². The molecule has 0 fully saturated rings. The zero-order valence-electron chi connectivity index (χ0n) is 19.2. The SMILES string of the molecule is Cc1cc(Cl)sc1-c1ccc(-c2sc(-c3ccc(CCNC(=O)OC(C)(C)C)s3)cc2C)s1. The molecule has 1 amide bonds. The molecule has 0 aliphatic heterocycles. The van der Waals surface area contributed by atoms with Crippen molar-refractivity contribution in [2.75, 3.05) is 6.54 Å². The van der Waals surface area contributed by atoms with E-state index in [4.69, 9.17) is 16.3 Å². The highest BCUT2D eigenvalue weighted by molar-refractivity contribution is 7.29. The summed E-state index contributed by atoms with van der Waals surface area (Å²) in [6.45, 7) is 10.5. The van der Waals surface area contributed by atoms with Crippen LogP contribution in [0.3, 0.4) is 0 Å². The number of alkyl carbamates (subject to hydrolysis) is 1. The first-order chi connectivity index (χ1) is 15.6. The highest BCUT2D eigenvalue weighted by Gasteiger charge is 2.17. The van der Waals surface area contributed by atoms with Crippen molar-refractivity contribution in [1.29, 1.82) is 0 Å². The molecule has 0 spiro atoms. The van der Waals surface area contributed by atoms with E-state index in [2.05, 4.69) is 49.5 Å². The fourth-order valence-electron chi connectivity index (χ4n) is 3.36. The topological polar surface area (TPSA) is 38.3 Å². The van der Waals surface area contributed by atoms with E-state index in [1.165, 1.54) is 45.3 Å². The van der Waals surface area contributed by atoms with E-state index in [-0.39, 0.29) is 6.09 Å². The molecule has 0 unspecified atom stereocenters. The molecule has 0 aliphatic carbocycles. The first kappa shape index (κ1) is 24.5. The highest BCUT2D eigenvalue weighted by Crippen LogP contribution is 2.46. The van der Waals surface area contributed by atoms with Crippen LogP contribution in [0.15, 0.2) is 36.4 Å². The van der Waals surface area contributed by atoms with Crippen LogP contribution in [-0.4, -0.2) is 18.2 Å². The lowest BCUT2D eigenvalue weighted by Gasteiger charge is -2.19. The molecular formula is C25H26ClNO2S4. The number of hydrogen-bond donors (Lipinski definition) is 1. The number of halogens is 1. The van der Waals surface area contributed by atoms with Crippen LogP contribution in [0.5, 0.6) is 0 Å². The van der Waals surface area contributed by atoms with Crippen molar-refractivity contribution in [3.05, 3.63) is 56.7 Å². The minimum atomic E-state index is -0.478. The maximum absolute atomic E-state index is 11.8. The van der Waals surface area contributed by atoms with Crippen LogP contribution in [0.4, 0.5) is 4.79 Å². The van der Waals surface area contributed by atoms with Gasteiger partial charge in [-0.05, 0) is 88.6 Å². The van der Waals surface area contributed by atoms with Gasteiger partial charge >= 0.3 is 6.09 Å². The Kier molecular flexibility index (Phi) is 7.36. The quantitative estimate of drug-likeness (QED) is 0.267. The van der Waals surface area contributed by atoms with E-state index in [0.717, 1.165) is 10.8 Å². The number of carbonyl (C=O) groups excluding carboxylic acids is 1. The van der Waals surface area contributed by atoms with Crippen LogP contribution >= 0.6 is 56.9 Å². The molecule has 3 nitrogen and oxygen atoms in total. The van der Waals surface area contributed by atoms with Crippen LogP contribution < -0.4 is 5.32 Å². The van der Waals surface area contributed by atoms with Crippen LogP contribution in [0.25, 0.3) is 29.3 Å². The number of carbonyl (C=O) groups is 1. The van der Waals surface area contributed by atoms with Gasteiger partial charge < -0.3 is 10.1 Å². The summed E-state index contributed by atoms with van der Waals surface area (Å²) >= 11 is 13.3. The maximum atomic E-state index is 11.8. The molecule has 0 saturated heterocycles. The van der Waals surface area contributed by atoms with Crippen molar-refractivity contribution >= 4 is 63.0 Å². The van der Waals surface area contributed by atoms with Crippen LogP contribution in [-0.2, 0) is 11.2 Å². The molecule has 0 aromatic carbocycles. The molecule has 8 heteroatoms. The maximum Gasteiger partial charge on any atom is 0.407 e. The van der Waals surface area contributed by atoms with Gasteiger partial charge in [0.25, 0.3) is 0 Å². The van der Waals surface area contributed by atoms with Crippen molar-refractivity contribution in [3.63, 3.8) is 0 Å².